The zero-order valence-corrected chi connectivity index (χ0v) is 15.3. The molecular weight excluding hydrogens is 370 g/mol. The number of hydrogen-bond acceptors (Lipinski definition) is 6. The van der Waals surface area contributed by atoms with Crippen molar-refractivity contribution in [2.75, 3.05) is 20.8 Å². The molecule has 2 aromatic rings. The predicted molar refractivity (Wildman–Crippen MR) is 91.2 cm³/mol. The van der Waals surface area contributed by atoms with Gasteiger partial charge in [-0.1, -0.05) is 11.6 Å². The van der Waals surface area contributed by atoms with E-state index >= 15 is 0 Å². The van der Waals surface area contributed by atoms with Gasteiger partial charge < -0.3 is 19.2 Å². The van der Waals surface area contributed by atoms with Crippen molar-refractivity contribution in [3.05, 3.63) is 52.9 Å². The highest BCUT2D eigenvalue weighted by Gasteiger charge is 2.19. The fourth-order valence-corrected chi connectivity index (χ4v) is 3.39. The van der Waals surface area contributed by atoms with Gasteiger partial charge in [0, 0.05) is 19.2 Å². The molecule has 2 rings (SSSR count). The van der Waals surface area contributed by atoms with Crippen molar-refractivity contribution in [2.24, 2.45) is 0 Å². The molecule has 0 unspecified atom stereocenters. The van der Waals surface area contributed by atoms with E-state index in [1.807, 2.05) is 0 Å². The maximum absolute atomic E-state index is 12.3. The van der Waals surface area contributed by atoms with Crippen LogP contribution in [0.3, 0.4) is 0 Å². The lowest BCUT2D eigenvalue weighted by Gasteiger charge is -2.13. The summed E-state index contributed by atoms with van der Waals surface area (Å²) in [7, 11) is -0.698. The molecule has 0 aliphatic rings. The van der Waals surface area contributed by atoms with Crippen molar-refractivity contribution in [3.63, 3.8) is 0 Å². The first-order valence-electron chi connectivity index (χ1n) is 7.26. The summed E-state index contributed by atoms with van der Waals surface area (Å²) in [6.07, 6.45) is -0.580. The van der Waals surface area contributed by atoms with Crippen LogP contribution in [0.25, 0.3) is 0 Å². The van der Waals surface area contributed by atoms with Crippen LogP contribution in [-0.2, 0) is 25.1 Å². The molecule has 25 heavy (non-hydrogen) atoms. The molecule has 0 aliphatic carbocycles. The Morgan fingerprint density at radius 2 is 1.80 bits per heavy atom. The van der Waals surface area contributed by atoms with Crippen LogP contribution < -0.4 is 5.32 Å². The number of benzene rings is 1. The Kier molecular flexibility index (Phi) is 6.60. The number of methoxy groups -OCH3 is 2. The number of furan rings is 1. The zero-order valence-electron chi connectivity index (χ0n) is 13.7. The van der Waals surface area contributed by atoms with Gasteiger partial charge in [-0.3, -0.25) is 4.79 Å². The van der Waals surface area contributed by atoms with Crippen molar-refractivity contribution in [1.82, 2.24) is 5.32 Å². The molecule has 1 aromatic heterocycles. The minimum atomic E-state index is -3.60. The molecule has 1 amide bonds. The van der Waals surface area contributed by atoms with Gasteiger partial charge in [-0.15, -0.1) is 0 Å². The maximum atomic E-state index is 12.3. The average molecular weight is 388 g/mol. The predicted octanol–water partition coefficient (Wildman–Crippen LogP) is 2.26. The van der Waals surface area contributed by atoms with Gasteiger partial charge in [0.15, 0.2) is 21.9 Å². The lowest BCUT2D eigenvalue weighted by Crippen LogP contribution is -2.33. The van der Waals surface area contributed by atoms with E-state index in [0.717, 1.165) is 0 Å². The summed E-state index contributed by atoms with van der Waals surface area (Å²) in [4.78, 5) is 12.1. The van der Waals surface area contributed by atoms with E-state index in [0.29, 0.717) is 5.02 Å². The molecule has 0 fully saturated rings. The first-order chi connectivity index (χ1) is 11.9. The number of carbonyl (C=O) groups is 1. The van der Waals surface area contributed by atoms with Crippen molar-refractivity contribution >= 4 is 27.3 Å². The molecule has 0 spiro atoms. The van der Waals surface area contributed by atoms with Gasteiger partial charge in [-0.25, -0.2) is 8.42 Å². The van der Waals surface area contributed by atoms with Crippen LogP contribution in [0.2, 0.25) is 5.02 Å². The van der Waals surface area contributed by atoms with Crippen LogP contribution >= 0.6 is 11.6 Å². The fourth-order valence-electron chi connectivity index (χ4n) is 2.02. The van der Waals surface area contributed by atoms with Crippen LogP contribution in [0.1, 0.15) is 16.3 Å². The molecule has 136 valence electrons. The Morgan fingerprint density at radius 1 is 1.16 bits per heavy atom. The number of sulfone groups is 1. The Labute approximate surface area is 150 Å². The average Bonchev–Trinajstić information content (AvgIpc) is 3.04. The van der Waals surface area contributed by atoms with E-state index in [4.69, 9.17) is 25.5 Å². The van der Waals surface area contributed by atoms with Crippen molar-refractivity contribution in [3.8, 4) is 0 Å². The van der Waals surface area contributed by atoms with Crippen molar-refractivity contribution in [1.29, 1.82) is 0 Å². The SMILES string of the molecule is COC(CNC(=O)c1ccc(CS(=O)(=O)c2ccc(Cl)cc2)o1)OC. The van der Waals surface area contributed by atoms with E-state index in [1.165, 1.54) is 50.6 Å². The third-order valence-electron chi connectivity index (χ3n) is 3.35. The monoisotopic (exact) mass is 387 g/mol. The molecule has 0 atom stereocenters. The number of ether oxygens (including phenoxy) is 2. The van der Waals surface area contributed by atoms with Crippen LogP contribution in [0.4, 0.5) is 0 Å². The zero-order chi connectivity index (χ0) is 18.4. The third kappa shape index (κ3) is 5.30. The van der Waals surface area contributed by atoms with Crippen LogP contribution in [0.15, 0.2) is 45.7 Å². The van der Waals surface area contributed by atoms with Crippen molar-refractivity contribution < 1.29 is 27.1 Å². The standard InChI is InChI=1S/C16H18ClNO6S/c1-22-15(23-2)9-18-16(19)14-8-5-12(24-14)10-25(20,21)13-6-3-11(17)4-7-13/h3-8,15H,9-10H2,1-2H3,(H,18,19). The van der Waals surface area contributed by atoms with Crippen LogP contribution in [0.5, 0.6) is 0 Å². The summed E-state index contributed by atoms with van der Waals surface area (Å²) in [6.45, 7) is 0.130. The normalized spacial score (nSPS) is 11.7. The fraction of sp³-hybridized carbons (Fsp3) is 0.312. The molecule has 7 nitrogen and oxygen atoms in total. The number of halogens is 1. The summed E-state index contributed by atoms with van der Waals surface area (Å²) in [6, 6.07) is 8.70. The second-order valence-corrected chi connectivity index (χ2v) is 7.52. The number of rotatable bonds is 8. The molecule has 1 N–H and O–H groups in total. The Morgan fingerprint density at radius 3 is 2.40 bits per heavy atom. The first kappa shape index (κ1) is 19.5. The smallest absolute Gasteiger partial charge is 0.287 e. The molecule has 9 heteroatoms. The van der Waals surface area contributed by atoms with Crippen LogP contribution in [-0.4, -0.2) is 41.4 Å². The molecule has 1 aromatic carbocycles. The third-order valence-corrected chi connectivity index (χ3v) is 5.25. The minimum Gasteiger partial charge on any atom is -0.455 e. The van der Waals surface area contributed by atoms with Gasteiger partial charge in [-0.05, 0) is 36.4 Å². The largest absolute Gasteiger partial charge is 0.455 e. The van der Waals surface area contributed by atoms with E-state index in [9.17, 15) is 13.2 Å². The minimum absolute atomic E-state index is 0.00672. The van der Waals surface area contributed by atoms with E-state index in [2.05, 4.69) is 5.32 Å². The lowest BCUT2D eigenvalue weighted by molar-refractivity contribution is -0.0975. The number of hydrogen-bond donors (Lipinski definition) is 1. The van der Waals surface area contributed by atoms with Gasteiger partial charge in [0.25, 0.3) is 5.91 Å². The summed E-state index contributed by atoms with van der Waals surface area (Å²) in [5.41, 5.74) is 0. The number of carbonyl (C=O) groups excluding carboxylic acids is 1. The first-order valence-corrected chi connectivity index (χ1v) is 9.29. The summed E-state index contributed by atoms with van der Waals surface area (Å²) in [5, 5.41) is 3.01. The van der Waals surface area contributed by atoms with E-state index < -0.39 is 22.0 Å². The van der Waals surface area contributed by atoms with Gasteiger partial charge in [0.2, 0.25) is 0 Å². The number of nitrogens with one attached hydrogen (secondary N) is 1. The molecule has 0 radical (unpaired) electrons. The molecule has 0 saturated heterocycles. The van der Waals surface area contributed by atoms with E-state index in [1.54, 1.807) is 0 Å². The molecule has 0 saturated carbocycles. The quantitative estimate of drug-likeness (QED) is 0.698. The summed E-state index contributed by atoms with van der Waals surface area (Å²) < 4.78 is 39.9. The Hall–Kier alpha value is -1.87. The molecule has 1 heterocycles. The highest BCUT2D eigenvalue weighted by atomic mass is 35.5. The summed E-state index contributed by atoms with van der Waals surface area (Å²) >= 11 is 5.76. The highest BCUT2D eigenvalue weighted by molar-refractivity contribution is 7.90. The Balaban J connectivity index is 2.03. The topological polar surface area (TPSA) is 94.8 Å². The second-order valence-electron chi connectivity index (χ2n) is 5.09. The lowest BCUT2D eigenvalue weighted by atomic mass is 10.4. The molecule has 0 bridgehead atoms. The van der Waals surface area contributed by atoms with E-state index in [-0.39, 0.29) is 28.7 Å². The van der Waals surface area contributed by atoms with Crippen molar-refractivity contribution in [2.45, 2.75) is 16.9 Å². The summed E-state index contributed by atoms with van der Waals surface area (Å²) in [5.74, 6) is -0.683. The molecule has 0 aliphatic heterocycles. The maximum Gasteiger partial charge on any atom is 0.287 e. The Bertz CT molecular complexity index is 811. The van der Waals surface area contributed by atoms with Crippen LogP contribution in [0, 0.1) is 0 Å². The van der Waals surface area contributed by atoms with Gasteiger partial charge in [0.05, 0.1) is 11.4 Å². The highest BCUT2D eigenvalue weighted by Crippen LogP contribution is 2.20. The molecular formula is C16H18ClNO6S. The van der Waals surface area contributed by atoms with Gasteiger partial charge in [0.1, 0.15) is 11.5 Å². The van der Waals surface area contributed by atoms with Gasteiger partial charge in [-0.2, -0.15) is 0 Å². The number of amides is 1. The second kappa shape index (κ2) is 8.48. The van der Waals surface area contributed by atoms with Gasteiger partial charge >= 0.3 is 0 Å².